The van der Waals surface area contributed by atoms with E-state index in [-0.39, 0.29) is 17.7 Å². The third-order valence-electron chi connectivity index (χ3n) is 5.10. The first-order valence-corrected chi connectivity index (χ1v) is 9.46. The van der Waals surface area contributed by atoms with Gasteiger partial charge in [-0.3, -0.25) is 9.59 Å². The number of nitrogens with one attached hydrogen (secondary N) is 1. The molecule has 6 nitrogen and oxygen atoms in total. The number of nitrogens with zero attached hydrogens (tertiary/aromatic N) is 1. The number of rotatable bonds is 6. The second-order valence-electron chi connectivity index (χ2n) is 6.81. The molecule has 1 fully saturated rings. The minimum atomic E-state index is -0.0982. The van der Waals surface area contributed by atoms with E-state index in [1.165, 1.54) is 7.11 Å². The summed E-state index contributed by atoms with van der Waals surface area (Å²) in [6, 6.07) is 15.1. The molecule has 1 saturated heterocycles. The van der Waals surface area contributed by atoms with E-state index in [9.17, 15) is 9.59 Å². The van der Waals surface area contributed by atoms with Gasteiger partial charge in [0.15, 0.2) is 11.5 Å². The van der Waals surface area contributed by atoms with E-state index in [0.29, 0.717) is 49.5 Å². The minimum absolute atomic E-state index is 0.0508. The number of amides is 2. The summed E-state index contributed by atoms with van der Waals surface area (Å²) in [6.45, 7) is 1.62. The maximum atomic E-state index is 12.9. The number of benzene rings is 2. The Balaban J connectivity index is 1.56. The first-order chi connectivity index (χ1) is 13.6. The SMILES string of the molecule is COc1cccc(C(=O)N2CCC(C(=O)NCc3ccccc3)CC2)c1OC. The van der Waals surface area contributed by atoms with Gasteiger partial charge >= 0.3 is 0 Å². The fourth-order valence-electron chi connectivity index (χ4n) is 3.50. The number of hydrogen-bond donors (Lipinski definition) is 1. The van der Waals surface area contributed by atoms with Crippen molar-refractivity contribution < 1.29 is 19.1 Å². The van der Waals surface area contributed by atoms with Crippen molar-refractivity contribution in [1.29, 1.82) is 0 Å². The smallest absolute Gasteiger partial charge is 0.257 e. The fraction of sp³-hybridized carbons (Fsp3) is 0.364. The fourth-order valence-corrected chi connectivity index (χ4v) is 3.50. The quantitative estimate of drug-likeness (QED) is 0.834. The molecule has 2 aromatic carbocycles. The Morgan fingerprint density at radius 3 is 2.36 bits per heavy atom. The van der Waals surface area contributed by atoms with Crippen molar-refractivity contribution in [2.24, 2.45) is 5.92 Å². The van der Waals surface area contributed by atoms with Gasteiger partial charge in [0.1, 0.15) is 0 Å². The molecule has 2 aromatic rings. The number of hydrogen-bond acceptors (Lipinski definition) is 4. The number of carbonyl (C=O) groups excluding carboxylic acids is 2. The normalized spacial score (nSPS) is 14.4. The van der Waals surface area contributed by atoms with Crippen molar-refractivity contribution in [3.05, 3.63) is 59.7 Å². The number of carbonyl (C=O) groups is 2. The van der Waals surface area contributed by atoms with Crippen molar-refractivity contribution in [2.45, 2.75) is 19.4 Å². The summed E-state index contributed by atoms with van der Waals surface area (Å²) in [5, 5.41) is 3.00. The zero-order valence-corrected chi connectivity index (χ0v) is 16.3. The molecule has 0 radical (unpaired) electrons. The van der Waals surface area contributed by atoms with Crippen LogP contribution in [0, 0.1) is 5.92 Å². The summed E-state index contributed by atoms with van der Waals surface area (Å²) in [6.07, 6.45) is 1.30. The van der Waals surface area contributed by atoms with Crippen LogP contribution in [0.2, 0.25) is 0 Å². The molecular weight excluding hydrogens is 356 g/mol. The zero-order chi connectivity index (χ0) is 19.9. The van der Waals surface area contributed by atoms with Gasteiger partial charge in [-0.05, 0) is 30.5 Å². The van der Waals surface area contributed by atoms with Gasteiger partial charge in [0.2, 0.25) is 5.91 Å². The Hall–Kier alpha value is -3.02. The van der Waals surface area contributed by atoms with Crippen LogP contribution in [0.15, 0.2) is 48.5 Å². The lowest BCUT2D eigenvalue weighted by atomic mass is 9.95. The van der Waals surface area contributed by atoms with Crippen LogP contribution in [0.4, 0.5) is 0 Å². The summed E-state index contributed by atoms with van der Waals surface area (Å²) in [4.78, 5) is 27.2. The lowest BCUT2D eigenvalue weighted by Crippen LogP contribution is -2.43. The highest BCUT2D eigenvalue weighted by molar-refractivity contribution is 5.98. The van der Waals surface area contributed by atoms with Crippen LogP contribution < -0.4 is 14.8 Å². The Labute approximate surface area is 165 Å². The van der Waals surface area contributed by atoms with Crippen LogP contribution >= 0.6 is 0 Å². The van der Waals surface area contributed by atoms with Crippen molar-refractivity contribution in [3.63, 3.8) is 0 Å². The number of methoxy groups -OCH3 is 2. The van der Waals surface area contributed by atoms with Crippen LogP contribution in [0.25, 0.3) is 0 Å². The molecule has 1 aliphatic heterocycles. The largest absolute Gasteiger partial charge is 0.493 e. The first-order valence-electron chi connectivity index (χ1n) is 9.46. The van der Waals surface area contributed by atoms with Gasteiger partial charge < -0.3 is 19.7 Å². The molecule has 0 atom stereocenters. The van der Waals surface area contributed by atoms with E-state index in [0.717, 1.165) is 5.56 Å². The summed E-state index contributed by atoms with van der Waals surface area (Å²) < 4.78 is 10.7. The van der Waals surface area contributed by atoms with Crippen molar-refractivity contribution in [2.75, 3.05) is 27.3 Å². The molecule has 0 aliphatic carbocycles. The lowest BCUT2D eigenvalue weighted by Gasteiger charge is -2.31. The maximum absolute atomic E-state index is 12.9. The molecular formula is C22H26N2O4. The van der Waals surface area contributed by atoms with Gasteiger partial charge in [-0.2, -0.15) is 0 Å². The number of likely N-dealkylation sites (tertiary alicyclic amines) is 1. The Kier molecular flexibility index (Phi) is 6.53. The predicted molar refractivity (Wildman–Crippen MR) is 106 cm³/mol. The molecule has 148 valence electrons. The van der Waals surface area contributed by atoms with Crippen molar-refractivity contribution >= 4 is 11.8 Å². The van der Waals surface area contributed by atoms with Gasteiger partial charge in [0.05, 0.1) is 19.8 Å². The molecule has 0 saturated carbocycles. The average molecular weight is 382 g/mol. The summed E-state index contributed by atoms with van der Waals surface area (Å²) in [5.74, 6) is 0.857. The summed E-state index contributed by atoms with van der Waals surface area (Å²) in [5.41, 5.74) is 1.56. The van der Waals surface area contributed by atoms with Gasteiger partial charge in [-0.25, -0.2) is 0 Å². The monoisotopic (exact) mass is 382 g/mol. The molecule has 0 aromatic heterocycles. The maximum Gasteiger partial charge on any atom is 0.257 e. The van der Waals surface area contributed by atoms with Crippen molar-refractivity contribution in [1.82, 2.24) is 10.2 Å². The molecule has 0 spiro atoms. The molecule has 6 heteroatoms. The lowest BCUT2D eigenvalue weighted by molar-refractivity contribution is -0.126. The van der Waals surface area contributed by atoms with E-state index in [1.54, 1.807) is 30.2 Å². The standard InChI is InChI=1S/C22H26N2O4/c1-27-19-10-6-9-18(20(19)28-2)22(26)24-13-11-17(12-14-24)21(25)23-15-16-7-4-3-5-8-16/h3-10,17H,11-15H2,1-2H3,(H,23,25). The highest BCUT2D eigenvalue weighted by Crippen LogP contribution is 2.32. The zero-order valence-electron chi connectivity index (χ0n) is 16.3. The van der Waals surface area contributed by atoms with Gasteiger partial charge in [-0.1, -0.05) is 36.4 Å². The minimum Gasteiger partial charge on any atom is -0.493 e. The number of para-hydroxylation sites is 1. The molecule has 2 amide bonds. The van der Waals surface area contributed by atoms with Crippen LogP contribution in [-0.2, 0) is 11.3 Å². The summed E-state index contributed by atoms with van der Waals surface area (Å²) >= 11 is 0. The highest BCUT2D eigenvalue weighted by Gasteiger charge is 2.29. The van der Waals surface area contributed by atoms with Gasteiger partial charge in [-0.15, -0.1) is 0 Å². The van der Waals surface area contributed by atoms with Gasteiger partial charge in [0.25, 0.3) is 5.91 Å². The Morgan fingerprint density at radius 2 is 1.71 bits per heavy atom. The molecule has 0 unspecified atom stereocenters. The number of ether oxygens (including phenoxy) is 2. The van der Waals surface area contributed by atoms with E-state index in [2.05, 4.69) is 5.32 Å². The van der Waals surface area contributed by atoms with E-state index < -0.39 is 0 Å². The second-order valence-corrected chi connectivity index (χ2v) is 6.81. The Bertz CT molecular complexity index is 815. The topological polar surface area (TPSA) is 67.9 Å². The predicted octanol–water partition coefficient (Wildman–Crippen LogP) is 2.87. The molecule has 0 bridgehead atoms. The van der Waals surface area contributed by atoms with Crippen molar-refractivity contribution in [3.8, 4) is 11.5 Å². The first kappa shape index (κ1) is 19.7. The number of piperidine rings is 1. The third kappa shape index (κ3) is 4.44. The third-order valence-corrected chi connectivity index (χ3v) is 5.10. The molecule has 1 aliphatic rings. The molecule has 28 heavy (non-hydrogen) atoms. The van der Waals surface area contributed by atoms with Crippen LogP contribution in [0.5, 0.6) is 11.5 Å². The molecule has 1 N–H and O–H groups in total. The van der Waals surface area contributed by atoms with Crippen LogP contribution in [0.1, 0.15) is 28.8 Å². The van der Waals surface area contributed by atoms with Crippen LogP contribution in [-0.4, -0.2) is 44.0 Å². The van der Waals surface area contributed by atoms with E-state index in [1.807, 2.05) is 30.3 Å². The molecule has 3 rings (SSSR count). The molecule has 1 heterocycles. The second kappa shape index (κ2) is 9.26. The van der Waals surface area contributed by atoms with Gasteiger partial charge in [0, 0.05) is 25.6 Å². The highest BCUT2D eigenvalue weighted by atomic mass is 16.5. The van der Waals surface area contributed by atoms with Crippen LogP contribution in [0.3, 0.4) is 0 Å². The van der Waals surface area contributed by atoms with E-state index >= 15 is 0 Å². The average Bonchev–Trinajstić information content (AvgIpc) is 2.77. The summed E-state index contributed by atoms with van der Waals surface area (Å²) in [7, 11) is 3.07. The van der Waals surface area contributed by atoms with E-state index in [4.69, 9.17) is 9.47 Å². The Morgan fingerprint density at radius 1 is 1.00 bits per heavy atom.